The summed E-state index contributed by atoms with van der Waals surface area (Å²) in [6.07, 6.45) is 8.41. The molecule has 0 atom stereocenters. The molecule has 6 nitrogen and oxygen atoms in total. The van der Waals surface area contributed by atoms with Crippen molar-refractivity contribution in [3.8, 4) is 11.3 Å². The fraction of sp³-hybridized carbons (Fsp3) is 0.360. The molecule has 1 aliphatic rings. The van der Waals surface area contributed by atoms with Crippen molar-refractivity contribution in [2.75, 3.05) is 37.7 Å². The number of ether oxygens (including phenoxy) is 1. The third-order valence-corrected chi connectivity index (χ3v) is 6.10. The fourth-order valence-electron chi connectivity index (χ4n) is 4.33. The molecule has 0 amide bonds. The van der Waals surface area contributed by atoms with E-state index in [-0.39, 0.29) is 0 Å². The minimum Gasteiger partial charge on any atom is -0.378 e. The molecule has 3 N–H and O–H groups in total. The first kappa shape index (κ1) is 20.0. The van der Waals surface area contributed by atoms with Crippen molar-refractivity contribution in [1.82, 2.24) is 15.0 Å². The van der Waals surface area contributed by atoms with E-state index in [4.69, 9.17) is 15.5 Å². The molecular weight excluding hydrogens is 386 g/mol. The molecule has 0 unspecified atom stereocenters. The zero-order valence-electron chi connectivity index (χ0n) is 17.8. The number of hydrogen-bond acceptors (Lipinski definition) is 5. The second-order valence-electron chi connectivity index (χ2n) is 8.23. The lowest BCUT2D eigenvalue weighted by molar-refractivity contribution is 0.122. The van der Waals surface area contributed by atoms with Crippen LogP contribution in [0.1, 0.15) is 24.8 Å². The number of hydrogen-bond donors (Lipinski definition) is 2. The van der Waals surface area contributed by atoms with Crippen LogP contribution in [0.15, 0.2) is 48.8 Å². The van der Waals surface area contributed by atoms with E-state index in [0.29, 0.717) is 0 Å². The van der Waals surface area contributed by atoms with E-state index in [1.54, 1.807) is 0 Å². The van der Waals surface area contributed by atoms with Gasteiger partial charge in [0.15, 0.2) is 0 Å². The van der Waals surface area contributed by atoms with Gasteiger partial charge >= 0.3 is 0 Å². The summed E-state index contributed by atoms with van der Waals surface area (Å²) in [6.45, 7) is 4.17. The number of nitrogens with two attached hydrogens (primary N) is 1. The van der Waals surface area contributed by atoms with E-state index in [0.717, 1.165) is 80.2 Å². The van der Waals surface area contributed by atoms with Crippen LogP contribution >= 0.6 is 0 Å². The zero-order chi connectivity index (χ0) is 21.0. The van der Waals surface area contributed by atoms with Crippen molar-refractivity contribution in [3.63, 3.8) is 0 Å². The van der Waals surface area contributed by atoms with Crippen LogP contribution in [0.2, 0.25) is 0 Å². The normalized spacial score (nSPS) is 14.5. The van der Waals surface area contributed by atoms with Crippen molar-refractivity contribution >= 4 is 27.6 Å². The Morgan fingerprint density at radius 3 is 2.65 bits per heavy atom. The molecule has 6 heteroatoms. The van der Waals surface area contributed by atoms with E-state index in [1.165, 1.54) is 22.8 Å². The number of nitrogens with one attached hydrogen (secondary N) is 1. The lowest BCUT2D eigenvalue weighted by Gasteiger charge is -2.28. The van der Waals surface area contributed by atoms with Crippen LogP contribution < -0.4 is 10.6 Å². The van der Waals surface area contributed by atoms with Crippen LogP contribution in [0.25, 0.3) is 33.2 Å². The van der Waals surface area contributed by atoms with Crippen LogP contribution in [0.4, 0.5) is 5.69 Å². The van der Waals surface area contributed by atoms with Crippen molar-refractivity contribution in [2.24, 2.45) is 5.73 Å². The molecule has 0 saturated carbocycles. The minimum absolute atomic E-state index is 0.768. The number of morpholine rings is 1. The quantitative estimate of drug-likeness (QED) is 0.440. The highest BCUT2D eigenvalue weighted by atomic mass is 16.5. The molecule has 1 fully saturated rings. The van der Waals surface area contributed by atoms with Crippen LogP contribution in [0.3, 0.4) is 0 Å². The number of aromatic amines is 1. The number of pyridine rings is 2. The van der Waals surface area contributed by atoms with Gasteiger partial charge in [-0.3, -0.25) is 4.98 Å². The zero-order valence-corrected chi connectivity index (χ0v) is 17.8. The van der Waals surface area contributed by atoms with Gasteiger partial charge in [-0.05, 0) is 61.7 Å². The summed E-state index contributed by atoms with van der Waals surface area (Å²) in [6, 6.07) is 13.0. The van der Waals surface area contributed by atoms with Gasteiger partial charge in [-0.1, -0.05) is 12.5 Å². The van der Waals surface area contributed by atoms with Gasteiger partial charge in [0.25, 0.3) is 0 Å². The van der Waals surface area contributed by atoms with Gasteiger partial charge in [0.2, 0.25) is 0 Å². The third-order valence-electron chi connectivity index (χ3n) is 6.10. The first-order chi connectivity index (χ1) is 15.3. The average Bonchev–Trinajstić information content (AvgIpc) is 3.20. The van der Waals surface area contributed by atoms with E-state index in [2.05, 4.69) is 51.3 Å². The second-order valence-corrected chi connectivity index (χ2v) is 8.23. The number of unbranched alkanes of at least 4 members (excludes halogenated alkanes) is 2. The van der Waals surface area contributed by atoms with E-state index < -0.39 is 0 Å². The highest BCUT2D eigenvalue weighted by molar-refractivity contribution is 6.07. The highest BCUT2D eigenvalue weighted by Crippen LogP contribution is 2.30. The molecule has 4 heterocycles. The monoisotopic (exact) mass is 415 g/mol. The lowest BCUT2D eigenvalue weighted by atomic mass is 10.0. The number of fused-ring (bicyclic) bond motifs is 3. The van der Waals surface area contributed by atoms with Gasteiger partial charge < -0.3 is 20.4 Å². The number of aryl methyl sites for hydroxylation is 1. The second kappa shape index (κ2) is 9.04. The van der Waals surface area contributed by atoms with Gasteiger partial charge in [0.1, 0.15) is 5.65 Å². The van der Waals surface area contributed by atoms with Gasteiger partial charge in [-0.25, -0.2) is 4.98 Å². The molecule has 31 heavy (non-hydrogen) atoms. The molecule has 0 radical (unpaired) electrons. The first-order valence-electron chi connectivity index (χ1n) is 11.2. The Kier molecular flexibility index (Phi) is 5.82. The molecule has 1 saturated heterocycles. The average molecular weight is 416 g/mol. The Morgan fingerprint density at radius 2 is 1.84 bits per heavy atom. The third kappa shape index (κ3) is 4.27. The summed E-state index contributed by atoms with van der Waals surface area (Å²) in [4.78, 5) is 15.2. The SMILES string of the molecule is NCCCCCc1cnc2[nH]c3ccc(-c4ccc(N5CCOCC5)cn4)cc3c2c1. The van der Waals surface area contributed by atoms with Crippen LogP contribution in [0, 0.1) is 0 Å². The molecule has 160 valence electrons. The Labute approximate surface area is 182 Å². The maximum absolute atomic E-state index is 5.61. The number of benzene rings is 1. The topological polar surface area (TPSA) is 80.1 Å². The van der Waals surface area contributed by atoms with E-state index >= 15 is 0 Å². The summed E-state index contributed by atoms with van der Waals surface area (Å²) in [5.74, 6) is 0. The Bertz CT molecular complexity index is 1160. The summed E-state index contributed by atoms with van der Waals surface area (Å²) in [5, 5.41) is 2.38. The smallest absolute Gasteiger partial charge is 0.138 e. The van der Waals surface area contributed by atoms with Crippen LogP contribution in [-0.4, -0.2) is 47.8 Å². The van der Waals surface area contributed by atoms with Gasteiger partial charge in [-0.2, -0.15) is 0 Å². The van der Waals surface area contributed by atoms with Gasteiger partial charge in [0.05, 0.1) is 30.8 Å². The van der Waals surface area contributed by atoms with Crippen molar-refractivity contribution < 1.29 is 4.74 Å². The Balaban J connectivity index is 1.42. The number of anilines is 1. The van der Waals surface area contributed by atoms with E-state index in [1.807, 2.05) is 12.4 Å². The molecule has 1 aromatic carbocycles. The Morgan fingerprint density at radius 1 is 0.935 bits per heavy atom. The molecule has 0 spiro atoms. The molecule has 0 bridgehead atoms. The van der Waals surface area contributed by atoms with Crippen molar-refractivity contribution in [1.29, 1.82) is 0 Å². The van der Waals surface area contributed by atoms with Gasteiger partial charge in [-0.15, -0.1) is 0 Å². The van der Waals surface area contributed by atoms with Crippen molar-refractivity contribution in [3.05, 3.63) is 54.4 Å². The summed E-state index contributed by atoms with van der Waals surface area (Å²) in [5.41, 5.74) is 12.2. The molecule has 5 rings (SSSR count). The number of aromatic nitrogens is 3. The summed E-state index contributed by atoms with van der Waals surface area (Å²) in [7, 11) is 0. The summed E-state index contributed by atoms with van der Waals surface area (Å²) < 4.78 is 5.45. The molecular formula is C25H29N5O. The Hall–Kier alpha value is -2.96. The molecule has 3 aromatic heterocycles. The minimum atomic E-state index is 0.768. The summed E-state index contributed by atoms with van der Waals surface area (Å²) >= 11 is 0. The van der Waals surface area contributed by atoms with Gasteiger partial charge in [0, 0.05) is 41.1 Å². The predicted molar refractivity (Wildman–Crippen MR) is 126 cm³/mol. The van der Waals surface area contributed by atoms with Crippen molar-refractivity contribution in [2.45, 2.75) is 25.7 Å². The number of rotatable bonds is 7. The molecule has 0 aliphatic carbocycles. The highest BCUT2D eigenvalue weighted by Gasteiger charge is 2.13. The largest absolute Gasteiger partial charge is 0.378 e. The number of nitrogens with zero attached hydrogens (tertiary/aromatic N) is 3. The van der Waals surface area contributed by atoms with Crippen LogP contribution in [0.5, 0.6) is 0 Å². The van der Waals surface area contributed by atoms with E-state index in [9.17, 15) is 0 Å². The number of H-pyrrole nitrogens is 1. The lowest BCUT2D eigenvalue weighted by Crippen LogP contribution is -2.36. The molecule has 4 aromatic rings. The van der Waals surface area contributed by atoms with Crippen LogP contribution in [-0.2, 0) is 11.2 Å². The maximum Gasteiger partial charge on any atom is 0.138 e. The standard InChI is InChI=1S/C25H29N5O/c26-9-3-1-2-4-18-14-22-21-15-19(5-7-24(21)29-25(22)28-16-18)23-8-6-20(17-27-23)30-10-12-31-13-11-30/h5-8,14-17H,1-4,9-13,26H2,(H,28,29). The maximum atomic E-state index is 5.61. The molecule has 1 aliphatic heterocycles. The predicted octanol–water partition coefficient (Wildman–Crippen LogP) is 4.29. The first-order valence-corrected chi connectivity index (χ1v) is 11.2. The fourth-order valence-corrected chi connectivity index (χ4v) is 4.33.